The highest BCUT2D eigenvalue weighted by molar-refractivity contribution is 5.15. The van der Waals surface area contributed by atoms with Crippen LogP contribution in [0, 0.1) is 0 Å². The third kappa shape index (κ3) is 33.0. The lowest BCUT2D eigenvalue weighted by Crippen LogP contribution is -2.34. The molecule has 1 nitrogen and oxygen atoms in total. The van der Waals surface area contributed by atoms with Gasteiger partial charge in [0, 0.05) is 17.5 Å². The van der Waals surface area contributed by atoms with Crippen molar-refractivity contribution in [1.82, 2.24) is 0 Å². The van der Waals surface area contributed by atoms with Crippen LogP contribution in [-0.2, 0) is 19.4 Å². The zero-order valence-corrected chi connectivity index (χ0v) is 35.2. The zero-order chi connectivity index (χ0) is 35.8. The number of aryl methyl sites for hydroxylation is 3. The summed E-state index contributed by atoms with van der Waals surface area (Å²) in [7, 11) is 0. The van der Waals surface area contributed by atoms with Crippen molar-refractivity contribution in [2.75, 3.05) is 0 Å². The largest absolute Gasteiger partial charge is 0.205 e. The summed E-state index contributed by atoms with van der Waals surface area (Å²) in [5.74, 6) is 0. The van der Waals surface area contributed by atoms with Gasteiger partial charge in [-0.25, -0.2) is 4.57 Å². The van der Waals surface area contributed by atoms with Crippen LogP contribution >= 0.6 is 0 Å². The van der Waals surface area contributed by atoms with E-state index >= 15 is 0 Å². The van der Waals surface area contributed by atoms with E-state index in [4.69, 9.17) is 0 Å². The fraction of sp³-hybridized carbons (Fsp3) is 0.898. The summed E-state index contributed by atoms with van der Waals surface area (Å²) >= 11 is 0. The predicted molar refractivity (Wildman–Crippen MR) is 227 cm³/mol. The molecule has 294 valence electrons. The van der Waals surface area contributed by atoms with Crippen molar-refractivity contribution in [3.05, 3.63) is 29.6 Å². The van der Waals surface area contributed by atoms with Crippen LogP contribution in [0.1, 0.15) is 276 Å². The lowest BCUT2D eigenvalue weighted by atomic mass is 10.0. The summed E-state index contributed by atoms with van der Waals surface area (Å²) in [6.07, 6.45) is 62.3. The van der Waals surface area contributed by atoms with Gasteiger partial charge in [0.05, 0.1) is 0 Å². The third-order valence-corrected chi connectivity index (χ3v) is 11.4. The monoisotopic (exact) mass is 697 g/mol. The normalized spacial score (nSPS) is 11.6. The maximum Gasteiger partial charge on any atom is 0.171 e. The van der Waals surface area contributed by atoms with Gasteiger partial charge in [-0.15, -0.1) is 0 Å². The fourth-order valence-electron chi connectivity index (χ4n) is 8.01. The highest BCUT2D eigenvalue weighted by Gasteiger charge is 2.09. The molecule has 1 rings (SSSR count). The second-order valence-electron chi connectivity index (χ2n) is 16.7. The summed E-state index contributed by atoms with van der Waals surface area (Å²) < 4.78 is 2.56. The van der Waals surface area contributed by atoms with Gasteiger partial charge < -0.3 is 0 Å². The smallest absolute Gasteiger partial charge is 0.171 e. The molecule has 0 bridgehead atoms. The van der Waals surface area contributed by atoms with Crippen molar-refractivity contribution >= 4 is 0 Å². The first kappa shape index (κ1) is 47.2. The van der Waals surface area contributed by atoms with Crippen molar-refractivity contribution in [2.24, 2.45) is 0 Å². The van der Waals surface area contributed by atoms with Gasteiger partial charge in [-0.1, -0.05) is 239 Å². The van der Waals surface area contributed by atoms with Crippen LogP contribution in [0.15, 0.2) is 18.5 Å². The molecule has 1 aromatic heterocycles. The zero-order valence-electron chi connectivity index (χ0n) is 35.2. The second kappa shape index (κ2) is 39.4. The summed E-state index contributed by atoms with van der Waals surface area (Å²) in [4.78, 5) is 0. The van der Waals surface area contributed by atoms with E-state index in [1.807, 2.05) is 0 Å². The number of nitrogens with zero attached hydrogens (tertiary/aromatic N) is 1. The van der Waals surface area contributed by atoms with Gasteiger partial charge >= 0.3 is 0 Å². The van der Waals surface area contributed by atoms with E-state index in [1.165, 1.54) is 263 Å². The van der Waals surface area contributed by atoms with Gasteiger partial charge in [0.1, 0.15) is 6.54 Å². The quantitative estimate of drug-likeness (QED) is 0.0474. The SMILES string of the molecule is CCCCCCCCCCCCCCCCCCCc1cc(CCCCCCCCCCCCCCCCCCC)c[n+](CCCCCC)c1. The lowest BCUT2D eigenvalue weighted by Gasteiger charge is -2.07. The minimum Gasteiger partial charge on any atom is -0.205 e. The Bertz CT molecular complexity index is 727. The van der Waals surface area contributed by atoms with Gasteiger partial charge in [0.15, 0.2) is 12.4 Å². The van der Waals surface area contributed by atoms with E-state index < -0.39 is 0 Å². The van der Waals surface area contributed by atoms with Crippen molar-refractivity contribution in [3.63, 3.8) is 0 Å². The minimum absolute atomic E-state index is 1.21. The highest BCUT2D eigenvalue weighted by Crippen LogP contribution is 2.17. The molecule has 0 fully saturated rings. The molecular formula is C49H94N+. The molecule has 0 unspecified atom stereocenters. The van der Waals surface area contributed by atoms with Gasteiger partial charge in [-0.3, -0.25) is 0 Å². The molecule has 0 N–H and O–H groups in total. The van der Waals surface area contributed by atoms with Crippen molar-refractivity contribution in [1.29, 1.82) is 0 Å². The Morgan fingerprint density at radius 2 is 0.500 bits per heavy atom. The number of hydrogen-bond acceptors (Lipinski definition) is 0. The summed E-state index contributed by atoms with van der Waals surface area (Å²) in [5, 5.41) is 0. The van der Waals surface area contributed by atoms with Crippen LogP contribution in [-0.4, -0.2) is 0 Å². The van der Waals surface area contributed by atoms with E-state index in [0.717, 1.165) is 0 Å². The van der Waals surface area contributed by atoms with E-state index in [-0.39, 0.29) is 0 Å². The summed E-state index contributed by atoms with van der Waals surface area (Å²) in [6, 6.07) is 2.57. The molecule has 1 heterocycles. The van der Waals surface area contributed by atoms with Gasteiger partial charge in [-0.2, -0.15) is 0 Å². The van der Waals surface area contributed by atoms with Crippen LogP contribution in [0.4, 0.5) is 0 Å². The number of rotatable bonds is 41. The van der Waals surface area contributed by atoms with Gasteiger partial charge in [0.2, 0.25) is 0 Å². The molecule has 0 aromatic carbocycles. The Balaban J connectivity index is 2.11. The van der Waals surface area contributed by atoms with Crippen LogP contribution in [0.3, 0.4) is 0 Å². The highest BCUT2D eigenvalue weighted by atomic mass is 14.9. The molecule has 0 atom stereocenters. The van der Waals surface area contributed by atoms with Crippen molar-refractivity contribution in [2.45, 2.75) is 284 Å². The number of pyridine rings is 1. The lowest BCUT2D eigenvalue weighted by molar-refractivity contribution is -0.698. The Morgan fingerprint density at radius 1 is 0.280 bits per heavy atom. The maximum absolute atomic E-state index is 2.57. The van der Waals surface area contributed by atoms with Crippen molar-refractivity contribution in [3.8, 4) is 0 Å². The van der Waals surface area contributed by atoms with E-state index in [0.29, 0.717) is 0 Å². The third-order valence-electron chi connectivity index (χ3n) is 11.4. The standard InChI is InChI=1S/C49H94N/c1-4-7-10-13-15-17-19-21-23-25-27-29-31-33-35-37-39-42-48-45-49(47-50(46-48)44-41-12-9-6-3)43-40-38-36-34-32-30-28-26-24-22-20-18-16-14-11-8-5-2/h45-47H,4-44H2,1-3H3/q+1. The first-order chi connectivity index (χ1) is 24.8. The molecule has 0 saturated heterocycles. The first-order valence-electron chi connectivity index (χ1n) is 23.8. The fourth-order valence-corrected chi connectivity index (χ4v) is 8.01. The van der Waals surface area contributed by atoms with Gasteiger partial charge in [-0.05, 0) is 38.2 Å². The molecule has 50 heavy (non-hydrogen) atoms. The topological polar surface area (TPSA) is 3.88 Å². The number of aromatic nitrogens is 1. The molecule has 0 aliphatic heterocycles. The minimum atomic E-state index is 1.21. The molecule has 0 aliphatic rings. The number of hydrogen-bond donors (Lipinski definition) is 0. The Labute approximate surface area is 317 Å². The average molecular weight is 697 g/mol. The Morgan fingerprint density at radius 3 is 0.760 bits per heavy atom. The second-order valence-corrected chi connectivity index (χ2v) is 16.7. The molecule has 1 aromatic rings. The number of unbranched alkanes of at least 4 members (excludes halogenated alkanes) is 35. The van der Waals surface area contributed by atoms with Crippen molar-refractivity contribution < 1.29 is 4.57 Å². The maximum atomic E-state index is 2.57. The molecule has 0 aliphatic carbocycles. The molecule has 0 spiro atoms. The Kier molecular flexibility index (Phi) is 37.1. The summed E-state index contributed by atoms with van der Waals surface area (Å²) in [5.41, 5.74) is 3.21. The van der Waals surface area contributed by atoms with Crippen LogP contribution < -0.4 is 4.57 Å². The molecule has 1 heteroatoms. The van der Waals surface area contributed by atoms with E-state index in [9.17, 15) is 0 Å². The summed E-state index contributed by atoms with van der Waals surface area (Å²) in [6.45, 7) is 8.15. The molecule has 0 saturated carbocycles. The van der Waals surface area contributed by atoms with Crippen LogP contribution in [0.25, 0.3) is 0 Å². The first-order valence-corrected chi connectivity index (χ1v) is 23.8. The average Bonchev–Trinajstić information content (AvgIpc) is 3.12. The van der Waals surface area contributed by atoms with Crippen LogP contribution in [0.2, 0.25) is 0 Å². The molecular weight excluding hydrogens is 603 g/mol. The predicted octanol–water partition coefficient (Wildman–Crippen LogP) is 16.9. The van der Waals surface area contributed by atoms with E-state index in [2.05, 4.69) is 43.8 Å². The Hall–Kier alpha value is -0.850. The van der Waals surface area contributed by atoms with Crippen LogP contribution in [0.5, 0.6) is 0 Å². The molecule has 0 radical (unpaired) electrons. The molecule has 0 amide bonds. The van der Waals surface area contributed by atoms with Gasteiger partial charge in [0.25, 0.3) is 0 Å². The van der Waals surface area contributed by atoms with E-state index in [1.54, 1.807) is 11.1 Å².